The predicted octanol–water partition coefficient (Wildman–Crippen LogP) is 7.20. The molecular formula is C36H54O10S2-2. The Morgan fingerprint density at radius 2 is 1.71 bits per heavy atom. The van der Waals surface area contributed by atoms with Crippen molar-refractivity contribution < 1.29 is 44.5 Å². The Bertz CT molecular complexity index is 1600. The van der Waals surface area contributed by atoms with E-state index in [9.17, 15) is 36.2 Å². The van der Waals surface area contributed by atoms with Gasteiger partial charge in [-0.2, -0.15) is 0 Å². The van der Waals surface area contributed by atoms with Crippen LogP contribution in [0, 0.1) is 16.7 Å². The summed E-state index contributed by atoms with van der Waals surface area (Å²) in [5.74, 6) is -0.419. The number of allylic oxidation sites excluding steroid dienone is 6. The van der Waals surface area contributed by atoms with Crippen LogP contribution < -0.4 is 8.37 Å². The fourth-order valence-corrected chi connectivity index (χ4v) is 8.34. The third-order valence-corrected chi connectivity index (χ3v) is 11.5. The van der Waals surface area contributed by atoms with E-state index in [4.69, 9.17) is 4.18 Å². The largest absolute Gasteiger partial charge is 0.716 e. The van der Waals surface area contributed by atoms with Gasteiger partial charge in [-0.25, -0.2) is 16.8 Å². The fourth-order valence-electron chi connectivity index (χ4n) is 7.62. The minimum atomic E-state index is -5.14. The molecule has 0 saturated carbocycles. The zero-order chi connectivity index (χ0) is 36.1. The van der Waals surface area contributed by atoms with Crippen LogP contribution in [-0.4, -0.2) is 47.9 Å². The number of aliphatic hydroxyl groups excluding tert-OH is 1. The molecule has 1 aromatic rings. The molecule has 0 radical (unpaired) electrons. The van der Waals surface area contributed by atoms with Gasteiger partial charge in [0.25, 0.3) is 20.8 Å². The molecule has 272 valence electrons. The van der Waals surface area contributed by atoms with E-state index in [1.807, 2.05) is 0 Å². The molecule has 48 heavy (non-hydrogen) atoms. The second-order valence-electron chi connectivity index (χ2n) is 15.0. The Morgan fingerprint density at radius 3 is 2.33 bits per heavy atom. The molecule has 0 aliphatic heterocycles. The second-order valence-corrected chi connectivity index (χ2v) is 16.9. The van der Waals surface area contributed by atoms with E-state index in [-0.39, 0.29) is 34.8 Å². The summed E-state index contributed by atoms with van der Waals surface area (Å²) in [6.07, 6.45) is 12.2. The third-order valence-electron chi connectivity index (χ3n) is 10.8. The van der Waals surface area contributed by atoms with E-state index in [1.165, 1.54) is 28.4 Å². The van der Waals surface area contributed by atoms with Gasteiger partial charge in [0, 0.05) is 5.56 Å². The molecular weight excluding hydrogens is 657 g/mol. The molecule has 12 heteroatoms. The van der Waals surface area contributed by atoms with Gasteiger partial charge >= 0.3 is 0 Å². The average Bonchev–Trinajstić information content (AvgIpc) is 2.94. The Kier molecular flexibility index (Phi) is 13.2. The molecule has 0 spiro atoms. The van der Waals surface area contributed by atoms with Crippen LogP contribution in [0.3, 0.4) is 0 Å². The normalized spacial score (nSPS) is 25.6. The first-order valence-electron chi connectivity index (χ1n) is 16.9. The lowest BCUT2D eigenvalue weighted by Gasteiger charge is -2.51. The lowest BCUT2D eigenvalue weighted by Crippen LogP contribution is -2.42. The van der Waals surface area contributed by atoms with Crippen LogP contribution in [0.1, 0.15) is 125 Å². The van der Waals surface area contributed by atoms with E-state index in [0.29, 0.717) is 25.7 Å². The Labute approximate surface area is 288 Å². The van der Waals surface area contributed by atoms with Crippen LogP contribution >= 0.6 is 0 Å². The highest BCUT2D eigenvalue weighted by molar-refractivity contribution is 7.81. The molecule has 0 amide bonds. The minimum absolute atomic E-state index is 0.132. The number of hydrogen-bond donors (Lipinski definition) is 2. The van der Waals surface area contributed by atoms with Gasteiger partial charge in [-0.15, -0.1) is 0 Å². The van der Waals surface area contributed by atoms with Gasteiger partial charge in [-0.05, 0) is 140 Å². The fraction of sp³-hybridized carbons (Fsp3) is 0.667. The smallest absolute Gasteiger partial charge is 0.262 e. The summed E-state index contributed by atoms with van der Waals surface area (Å²) in [5.41, 5.74) is 3.33. The van der Waals surface area contributed by atoms with Crippen molar-refractivity contribution in [2.24, 2.45) is 16.7 Å². The van der Waals surface area contributed by atoms with Crippen molar-refractivity contribution in [1.82, 2.24) is 0 Å². The van der Waals surface area contributed by atoms with E-state index < -0.39 is 37.9 Å². The first-order chi connectivity index (χ1) is 22.0. The van der Waals surface area contributed by atoms with Crippen molar-refractivity contribution in [2.75, 3.05) is 0 Å². The maximum Gasteiger partial charge on any atom is 0.262 e. The Hall–Kier alpha value is -2.22. The molecule has 3 unspecified atom stereocenters. The Morgan fingerprint density at radius 1 is 1.04 bits per heavy atom. The molecule has 2 aliphatic carbocycles. The Balaban J connectivity index is 1.84. The molecule has 0 fully saturated rings. The molecule has 0 heterocycles. The van der Waals surface area contributed by atoms with Crippen LogP contribution in [-0.2, 0) is 27.2 Å². The monoisotopic (exact) mass is 710 g/mol. The average molecular weight is 711 g/mol. The van der Waals surface area contributed by atoms with Crippen molar-refractivity contribution in [1.29, 1.82) is 0 Å². The molecule has 0 bridgehead atoms. The lowest BCUT2D eigenvalue weighted by molar-refractivity contribution is -0.0733. The summed E-state index contributed by atoms with van der Waals surface area (Å²) in [4.78, 5) is 0. The summed E-state index contributed by atoms with van der Waals surface area (Å²) in [7, 11) is -10.2. The summed E-state index contributed by atoms with van der Waals surface area (Å²) < 4.78 is 77.8. The van der Waals surface area contributed by atoms with Crippen molar-refractivity contribution in [3.63, 3.8) is 0 Å². The van der Waals surface area contributed by atoms with Gasteiger partial charge in [0.05, 0.1) is 11.7 Å². The quantitative estimate of drug-likeness (QED) is 0.101. The molecule has 0 aromatic heterocycles. The number of aliphatic hydroxyl groups is 2. The molecule has 3 rings (SSSR count). The molecule has 2 N–H and O–H groups in total. The van der Waals surface area contributed by atoms with Gasteiger partial charge in [0.2, 0.25) is 0 Å². The summed E-state index contributed by atoms with van der Waals surface area (Å²) in [6.45, 7) is 14.4. The van der Waals surface area contributed by atoms with E-state index >= 15 is 0 Å². The maximum absolute atomic E-state index is 11.6. The van der Waals surface area contributed by atoms with Crippen molar-refractivity contribution in [3.8, 4) is 11.5 Å². The van der Waals surface area contributed by atoms with Crippen LogP contribution in [0.4, 0.5) is 0 Å². The zero-order valence-electron chi connectivity index (χ0n) is 29.5. The van der Waals surface area contributed by atoms with Crippen molar-refractivity contribution in [2.45, 2.75) is 137 Å². The number of hydrogen-bond acceptors (Lipinski definition) is 10. The summed E-state index contributed by atoms with van der Waals surface area (Å²) in [5, 5.41) is 22.4. The van der Waals surface area contributed by atoms with Crippen molar-refractivity contribution >= 4 is 20.8 Å². The highest BCUT2D eigenvalue weighted by Gasteiger charge is 2.46. The topological polar surface area (TPSA) is 173 Å². The van der Waals surface area contributed by atoms with Gasteiger partial charge in [0.1, 0.15) is 11.5 Å². The maximum atomic E-state index is 11.6. The highest BCUT2D eigenvalue weighted by Crippen LogP contribution is 2.58. The van der Waals surface area contributed by atoms with E-state index in [2.05, 4.69) is 57.9 Å². The van der Waals surface area contributed by atoms with E-state index in [1.54, 1.807) is 6.92 Å². The first-order valence-corrected chi connectivity index (χ1v) is 19.6. The van der Waals surface area contributed by atoms with Crippen LogP contribution in [0.15, 0.2) is 52.6 Å². The minimum Gasteiger partial charge on any atom is -0.716 e. The summed E-state index contributed by atoms with van der Waals surface area (Å²) in [6, 6.07) is 3.43. The van der Waals surface area contributed by atoms with Crippen LogP contribution in [0.5, 0.6) is 11.5 Å². The molecule has 1 aromatic carbocycles. The lowest BCUT2D eigenvalue weighted by atomic mass is 9.54. The van der Waals surface area contributed by atoms with E-state index in [0.717, 1.165) is 57.1 Å². The SMILES string of the molecule is CC(C)=CCC/C(C)=C/CCC(C)(O)C(O)CC[C@]1(C)CCCC2=C1CC[C@H](C)C2(C)Cc1cc(OS(=O)(=O)[O-])ccc1OS(=O)(=O)[O-]. The van der Waals surface area contributed by atoms with Gasteiger partial charge < -0.3 is 27.7 Å². The standard InChI is InChI=1S/C36H56O10S2/c1-25(2)11-8-12-26(3)13-9-21-36(7,38)33(37)19-22-34(5)20-10-14-31-30(34)17-15-27(4)35(31,6)24-28-23-29(45-47(39,40)41)16-18-32(28)46-48(42,43)44/h11,13,16,18,23,27,33,37-38H,8-10,12,14-15,17,19-22,24H2,1-7H3,(H,39,40,41)(H,42,43,44)/p-2/b26-13+/t27-,33?,34-,35?,36?/m0/s1. The van der Waals surface area contributed by atoms with Crippen LogP contribution in [0.25, 0.3) is 0 Å². The highest BCUT2D eigenvalue weighted by atomic mass is 32.3. The predicted molar refractivity (Wildman–Crippen MR) is 184 cm³/mol. The number of benzene rings is 1. The van der Waals surface area contributed by atoms with Gasteiger partial charge in [-0.1, -0.05) is 55.2 Å². The second kappa shape index (κ2) is 15.8. The zero-order valence-corrected chi connectivity index (χ0v) is 31.1. The van der Waals surface area contributed by atoms with Crippen molar-refractivity contribution in [3.05, 3.63) is 58.2 Å². The molecule has 5 atom stereocenters. The number of rotatable bonds is 16. The third kappa shape index (κ3) is 11.1. The van der Waals surface area contributed by atoms with Crippen LogP contribution in [0.2, 0.25) is 0 Å². The first kappa shape index (κ1) is 40.2. The molecule has 10 nitrogen and oxygen atoms in total. The molecule has 2 aliphatic rings. The summed E-state index contributed by atoms with van der Waals surface area (Å²) >= 11 is 0. The molecule has 0 saturated heterocycles. The van der Waals surface area contributed by atoms with Gasteiger partial charge in [0.15, 0.2) is 0 Å². The van der Waals surface area contributed by atoms with Gasteiger partial charge in [-0.3, -0.25) is 0 Å².